The van der Waals surface area contributed by atoms with E-state index in [0.29, 0.717) is 17.8 Å². The van der Waals surface area contributed by atoms with E-state index >= 15 is 0 Å². The summed E-state index contributed by atoms with van der Waals surface area (Å²) in [7, 11) is 0. The molecule has 4 rings (SSSR count). The number of aliphatic hydroxyl groups is 1. The minimum absolute atomic E-state index is 0.000142. The molecule has 9 heteroatoms. The highest BCUT2D eigenvalue weighted by atomic mass is 19.1. The molecule has 32 heavy (non-hydrogen) atoms. The summed E-state index contributed by atoms with van der Waals surface area (Å²) in [5.41, 5.74) is 1.29. The number of hydrogen-bond acceptors (Lipinski definition) is 5. The quantitative estimate of drug-likeness (QED) is 0.416. The Hall–Kier alpha value is -3.85. The van der Waals surface area contributed by atoms with E-state index < -0.39 is 11.6 Å². The third kappa shape index (κ3) is 5.64. The Bertz CT molecular complexity index is 1250. The summed E-state index contributed by atoms with van der Waals surface area (Å²) in [6.07, 6.45) is 4.55. The Balaban J connectivity index is 0.000000181. The van der Waals surface area contributed by atoms with Crippen molar-refractivity contribution in [1.29, 1.82) is 0 Å². The molecular weight excluding hydrogens is 418 g/mol. The SMILES string of the molecule is CC(C)(O)Cc1cn(N)c2ccc(F)cc12.O=C(O)c1cnc(-c2cccc(F)c2)nc1. The Morgan fingerprint density at radius 2 is 1.75 bits per heavy atom. The van der Waals surface area contributed by atoms with Crippen molar-refractivity contribution in [2.24, 2.45) is 0 Å². The number of benzene rings is 2. The number of nitrogens with two attached hydrogens (primary N) is 1. The summed E-state index contributed by atoms with van der Waals surface area (Å²) in [4.78, 5) is 18.3. The van der Waals surface area contributed by atoms with Gasteiger partial charge in [-0.25, -0.2) is 23.5 Å². The van der Waals surface area contributed by atoms with Gasteiger partial charge in [-0.15, -0.1) is 0 Å². The van der Waals surface area contributed by atoms with E-state index in [-0.39, 0.29) is 17.2 Å². The van der Waals surface area contributed by atoms with Gasteiger partial charge < -0.3 is 16.1 Å². The normalized spacial score (nSPS) is 11.2. The monoisotopic (exact) mass is 440 g/mol. The number of carbonyl (C=O) groups is 1. The lowest BCUT2D eigenvalue weighted by Crippen LogP contribution is -2.21. The summed E-state index contributed by atoms with van der Waals surface area (Å²) in [5.74, 6) is 4.28. The van der Waals surface area contributed by atoms with E-state index in [1.54, 1.807) is 38.2 Å². The largest absolute Gasteiger partial charge is 0.478 e. The average molecular weight is 440 g/mol. The molecule has 0 aliphatic rings. The smallest absolute Gasteiger partial charge is 0.338 e. The van der Waals surface area contributed by atoms with Crippen molar-refractivity contribution in [3.63, 3.8) is 0 Å². The van der Waals surface area contributed by atoms with Gasteiger partial charge in [0.2, 0.25) is 0 Å². The van der Waals surface area contributed by atoms with E-state index in [1.807, 2.05) is 0 Å². The second-order valence-corrected chi connectivity index (χ2v) is 7.82. The molecular formula is C23H22F2N4O3. The summed E-state index contributed by atoms with van der Waals surface area (Å²) in [5, 5.41) is 19.2. The van der Waals surface area contributed by atoms with Crippen LogP contribution in [0.1, 0.15) is 29.8 Å². The zero-order valence-corrected chi connectivity index (χ0v) is 17.5. The Labute approximate surface area is 182 Å². The molecule has 2 aromatic carbocycles. The van der Waals surface area contributed by atoms with Crippen LogP contribution >= 0.6 is 0 Å². The predicted molar refractivity (Wildman–Crippen MR) is 116 cm³/mol. The number of aromatic carboxylic acids is 1. The number of fused-ring (bicyclic) bond motifs is 1. The highest BCUT2D eigenvalue weighted by Gasteiger charge is 2.17. The molecule has 4 N–H and O–H groups in total. The van der Waals surface area contributed by atoms with Gasteiger partial charge in [-0.05, 0) is 49.7 Å². The number of carboxylic acids is 1. The molecule has 2 aromatic heterocycles. The van der Waals surface area contributed by atoms with Crippen LogP contribution in [0.5, 0.6) is 0 Å². The Kier molecular flexibility index (Phi) is 6.50. The molecule has 166 valence electrons. The zero-order chi connectivity index (χ0) is 23.5. The molecule has 7 nitrogen and oxygen atoms in total. The Morgan fingerprint density at radius 1 is 1.09 bits per heavy atom. The molecule has 2 heterocycles. The van der Waals surface area contributed by atoms with Gasteiger partial charge in [0.05, 0.1) is 16.7 Å². The van der Waals surface area contributed by atoms with Crippen LogP contribution in [-0.4, -0.2) is 36.4 Å². The topological polar surface area (TPSA) is 114 Å². The number of hydrogen-bond donors (Lipinski definition) is 3. The van der Waals surface area contributed by atoms with Crippen molar-refractivity contribution >= 4 is 16.9 Å². The van der Waals surface area contributed by atoms with Crippen molar-refractivity contribution in [3.05, 3.63) is 83.8 Å². The number of nitrogen functional groups attached to an aromatic ring is 1. The van der Waals surface area contributed by atoms with Crippen LogP contribution in [0.2, 0.25) is 0 Å². The van der Waals surface area contributed by atoms with Crippen molar-refractivity contribution in [3.8, 4) is 11.4 Å². The van der Waals surface area contributed by atoms with Crippen LogP contribution in [0.4, 0.5) is 8.78 Å². The highest BCUT2D eigenvalue weighted by molar-refractivity contribution is 5.87. The van der Waals surface area contributed by atoms with Crippen LogP contribution in [-0.2, 0) is 6.42 Å². The van der Waals surface area contributed by atoms with Crippen molar-refractivity contribution in [1.82, 2.24) is 14.6 Å². The van der Waals surface area contributed by atoms with Gasteiger partial charge >= 0.3 is 5.97 Å². The second-order valence-electron chi connectivity index (χ2n) is 7.82. The molecule has 0 amide bonds. The summed E-state index contributed by atoms with van der Waals surface area (Å²) in [6.45, 7) is 3.43. The maximum absolute atomic E-state index is 13.1. The predicted octanol–water partition coefficient (Wildman–Crippen LogP) is 3.79. The van der Waals surface area contributed by atoms with Gasteiger partial charge in [-0.2, -0.15) is 0 Å². The first-order valence-corrected chi connectivity index (χ1v) is 9.62. The van der Waals surface area contributed by atoms with Gasteiger partial charge in [0, 0.05) is 36.0 Å². The fourth-order valence-electron chi connectivity index (χ4n) is 3.12. The molecule has 4 aromatic rings. The fraction of sp³-hybridized carbons (Fsp3) is 0.174. The molecule has 0 aliphatic carbocycles. The molecule has 0 atom stereocenters. The molecule has 0 unspecified atom stereocenters. The Morgan fingerprint density at radius 3 is 2.34 bits per heavy atom. The zero-order valence-electron chi connectivity index (χ0n) is 17.5. The van der Waals surface area contributed by atoms with Gasteiger partial charge in [0.1, 0.15) is 11.6 Å². The highest BCUT2D eigenvalue weighted by Crippen LogP contribution is 2.24. The lowest BCUT2D eigenvalue weighted by atomic mass is 9.98. The van der Waals surface area contributed by atoms with Gasteiger partial charge in [-0.3, -0.25) is 4.68 Å². The van der Waals surface area contributed by atoms with Crippen molar-refractivity contribution < 1.29 is 23.8 Å². The molecule has 0 saturated carbocycles. The van der Waals surface area contributed by atoms with E-state index in [2.05, 4.69) is 9.97 Å². The average Bonchev–Trinajstić information content (AvgIpc) is 3.01. The molecule has 0 bridgehead atoms. The number of nitrogens with zero attached hydrogens (tertiary/aromatic N) is 3. The fourth-order valence-corrected chi connectivity index (χ4v) is 3.12. The van der Waals surface area contributed by atoms with Gasteiger partial charge in [-0.1, -0.05) is 12.1 Å². The molecule has 0 saturated heterocycles. The van der Waals surface area contributed by atoms with Gasteiger partial charge in [0.25, 0.3) is 0 Å². The van der Waals surface area contributed by atoms with Crippen molar-refractivity contribution in [2.75, 3.05) is 5.84 Å². The lowest BCUT2D eigenvalue weighted by Gasteiger charge is -2.15. The first-order chi connectivity index (χ1) is 15.0. The number of rotatable bonds is 4. The summed E-state index contributed by atoms with van der Waals surface area (Å²) < 4.78 is 27.5. The van der Waals surface area contributed by atoms with Gasteiger partial charge in [0.15, 0.2) is 5.82 Å². The van der Waals surface area contributed by atoms with E-state index in [4.69, 9.17) is 10.9 Å². The van der Waals surface area contributed by atoms with Crippen LogP contribution in [0, 0.1) is 11.6 Å². The van der Waals surface area contributed by atoms with Crippen LogP contribution in [0.3, 0.4) is 0 Å². The van der Waals surface area contributed by atoms with Crippen molar-refractivity contribution in [2.45, 2.75) is 25.9 Å². The maximum atomic E-state index is 13.1. The molecule has 0 spiro atoms. The number of carboxylic acid groups (broad SMARTS) is 1. The van der Waals surface area contributed by atoms with Crippen LogP contribution in [0.25, 0.3) is 22.3 Å². The third-order valence-electron chi connectivity index (χ3n) is 4.48. The van der Waals surface area contributed by atoms with Crippen LogP contribution < -0.4 is 5.84 Å². The summed E-state index contributed by atoms with van der Waals surface area (Å²) >= 11 is 0. The summed E-state index contributed by atoms with van der Waals surface area (Å²) in [6, 6.07) is 10.3. The molecule has 0 aliphatic heterocycles. The third-order valence-corrected chi connectivity index (χ3v) is 4.48. The first kappa shape index (κ1) is 22.8. The first-order valence-electron chi connectivity index (χ1n) is 9.62. The van der Waals surface area contributed by atoms with Crippen LogP contribution in [0.15, 0.2) is 61.1 Å². The van der Waals surface area contributed by atoms with E-state index in [0.717, 1.165) is 16.5 Å². The molecule has 0 radical (unpaired) electrons. The number of halogens is 2. The minimum atomic E-state index is -1.09. The second kappa shape index (κ2) is 9.11. The standard InChI is InChI=1S/C12H15FN2O.C11H7FN2O2/c1-12(2,16)6-8-7-15(14)11-4-3-9(13)5-10(8)11;12-9-3-1-2-7(4-9)10-13-5-8(6-14-10)11(15)16/h3-5,7,16H,6,14H2,1-2H3;1-6H,(H,15,16). The number of aromatic nitrogens is 3. The molecule has 0 fully saturated rings. The minimum Gasteiger partial charge on any atom is -0.478 e. The maximum Gasteiger partial charge on any atom is 0.338 e. The van der Waals surface area contributed by atoms with E-state index in [1.165, 1.54) is 41.3 Å². The lowest BCUT2D eigenvalue weighted by molar-refractivity contribution is 0.0695. The van der Waals surface area contributed by atoms with E-state index in [9.17, 15) is 18.7 Å².